The van der Waals surface area contributed by atoms with Gasteiger partial charge in [0.1, 0.15) is 4.21 Å². The predicted molar refractivity (Wildman–Crippen MR) is 67.8 cm³/mol. The fraction of sp³-hybridized carbons (Fsp3) is 0. The van der Waals surface area contributed by atoms with E-state index in [1.165, 1.54) is 6.07 Å². The number of benzene rings is 1. The van der Waals surface area contributed by atoms with Crippen LogP contribution in [0.5, 0.6) is 0 Å². The Morgan fingerprint density at radius 1 is 1.00 bits per heavy atom. The van der Waals surface area contributed by atoms with Gasteiger partial charge in [-0.3, -0.25) is 0 Å². The van der Waals surface area contributed by atoms with Gasteiger partial charge < -0.3 is 0 Å². The van der Waals surface area contributed by atoms with Crippen molar-refractivity contribution in [2.24, 2.45) is 0 Å². The lowest BCUT2D eigenvalue weighted by molar-refractivity contribution is 0.611. The van der Waals surface area contributed by atoms with Gasteiger partial charge in [0.2, 0.25) is 0 Å². The molecule has 1 heterocycles. The van der Waals surface area contributed by atoms with Crippen LogP contribution in [0.15, 0.2) is 40.6 Å². The van der Waals surface area contributed by atoms with E-state index in [-0.39, 0.29) is 4.21 Å². The summed E-state index contributed by atoms with van der Waals surface area (Å²) in [7, 11) is 1.61. The SMILES string of the molecule is O=S(=O)(Cl)c1ccc(-c2ccc(Cl)cc2)s1. The van der Waals surface area contributed by atoms with Crippen LogP contribution in [0.3, 0.4) is 0 Å². The highest BCUT2D eigenvalue weighted by Gasteiger charge is 2.13. The molecule has 1 aromatic heterocycles. The van der Waals surface area contributed by atoms with Gasteiger partial charge in [0.15, 0.2) is 0 Å². The van der Waals surface area contributed by atoms with Crippen LogP contribution in [0.2, 0.25) is 5.02 Å². The van der Waals surface area contributed by atoms with Crippen molar-refractivity contribution in [3.8, 4) is 10.4 Å². The molecule has 1 aromatic carbocycles. The number of hydrogen-bond acceptors (Lipinski definition) is 3. The van der Waals surface area contributed by atoms with Gasteiger partial charge in [0.25, 0.3) is 9.05 Å². The minimum atomic E-state index is -3.63. The summed E-state index contributed by atoms with van der Waals surface area (Å²) in [5, 5.41) is 0.644. The number of halogens is 2. The molecule has 0 N–H and O–H groups in total. The van der Waals surface area contributed by atoms with E-state index >= 15 is 0 Å². The van der Waals surface area contributed by atoms with E-state index in [2.05, 4.69) is 0 Å². The fourth-order valence-electron chi connectivity index (χ4n) is 1.22. The van der Waals surface area contributed by atoms with Gasteiger partial charge in [0.05, 0.1) is 0 Å². The van der Waals surface area contributed by atoms with Crippen LogP contribution in [0.4, 0.5) is 0 Å². The van der Waals surface area contributed by atoms with Crippen molar-refractivity contribution >= 4 is 42.7 Å². The quantitative estimate of drug-likeness (QED) is 0.784. The highest BCUT2D eigenvalue weighted by Crippen LogP contribution is 2.32. The molecular weight excluding hydrogens is 287 g/mol. The van der Waals surface area contributed by atoms with Gasteiger partial charge >= 0.3 is 0 Å². The molecule has 84 valence electrons. The van der Waals surface area contributed by atoms with E-state index in [0.717, 1.165) is 21.8 Å². The first-order chi connectivity index (χ1) is 7.47. The lowest BCUT2D eigenvalue weighted by Crippen LogP contribution is -1.83. The Bertz CT molecular complexity index is 600. The first-order valence-corrected chi connectivity index (χ1v) is 7.77. The summed E-state index contributed by atoms with van der Waals surface area (Å²) in [4.78, 5) is 0.843. The van der Waals surface area contributed by atoms with E-state index in [0.29, 0.717) is 5.02 Å². The van der Waals surface area contributed by atoms with Crippen LogP contribution < -0.4 is 0 Å². The smallest absolute Gasteiger partial charge is 0.206 e. The molecule has 0 spiro atoms. The van der Waals surface area contributed by atoms with Crippen molar-refractivity contribution in [1.82, 2.24) is 0 Å². The molecule has 0 saturated heterocycles. The second-order valence-corrected chi connectivity index (χ2v) is 7.38. The van der Waals surface area contributed by atoms with Crippen LogP contribution >= 0.6 is 33.6 Å². The fourth-order valence-corrected chi connectivity index (χ4v) is 3.43. The maximum absolute atomic E-state index is 11.1. The zero-order valence-corrected chi connectivity index (χ0v) is 11.0. The molecule has 16 heavy (non-hydrogen) atoms. The normalized spacial score (nSPS) is 11.6. The number of rotatable bonds is 2. The number of hydrogen-bond donors (Lipinski definition) is 0. The first-order valence-electron chi connectivity index (χ1n) is 4.27. The molecule has 0 amide bonds. The van der Waals surface area contributed by atoms with Crippen molar-refractivity contribution in [3.05, 3.63) is 41.4 Å². The van der Waals surface area contributed by atoms with Crippen LogP contribution in [0.25, 0.3) is 10.4 Å². The summed E-state index contributed by atoms with van der Waals surface area (Å²) in [6, 6.07) is 10.4. The molecule has 0 aliphatic rings. The molecule has 2 rings (SSSR count). The molecule has 0 atom stereocenters. The van der Waals surface area contributed by atoms with Crippen LogP contribution in [0.1, 0.15) is 0 Å². The zero-order chi connectivity index (χ0) is 11.8. The maximum Gasteiger partial charge on any atom is 0.270 e. The van der Waals surface area contributed by atoms with Crippen molar-refractivity contribution in [1.29, 1.82) is 0 Å². The zero-order valence-electron chi connectivity index (χ0n) is 7.85. The molecule has 0 aliphatic carbocycles. The monoisotopic (exact) mass is 292 g/mol. The molecule has 2 aromatic rings. The Morgan fingerprint density at radius 2 is 1.62 bits per heavy atom. The Kier molecular flexibility index (Phi) is 3.26. The first kappa shape index (κ1) is 11.9. The van der Waals surface area contributed by atoms with E-state index < -0.39 is 9.05 Å². The number of thiophene rings is 1. The summed E-state index contributed by atoms with van der Waals surface area (Å²) < 4.78 is 22.3. The van der Waals surface area contributed by atoms with Gasteiger partial charge in [-0.25, -0.2) is 8.42 Å². The molecule has 0 bridgehead atoms. The third-order valence-corrected chi connectivity index (χ3v) is 5.43. The Balaban J connectivity index is 2.43. The second kappa shape index (κ2) is 4.37. The largest absolute Gasteiger partial charge is 0.270 e. The van der Waals surface area contributed by atoms with Gasteiger partial charge in [-0.05, 0) is 29.8 Å². The van der Waals surface area contributed by atoms with E-state index in [1.54, 1.807) is 18.2 Å². The van der Waals surface area contributed by atoms with Crippen molar-refractivity contribution in [2.45, 2.75) is 4.21 Å². The topological polar surface area (TPSA) is 34.1 Å². The lowest BCUT2D eigenvalue weighted by atomic mass is 10.2. The summed E-state index contributed by atoms with van der Waals surface area (Å²) in [5.41, 5.74) is 0.918. The summed E-state index contributed by atoms with van der Waals surface area (Å²) in [6.45, 7) is 0. The average Bonchev–Trinajstić information content (AvgIpc) is 2.67. The molecule has 0 radical (unpaired) electrons. The minimum absolute atomic E-state index is 0.152. The third-order valence-electron chi connectivity index (χ3n) is 1.95. The van der Waals surface area contributed by atoms with E-state index in [9.17, 15) is 8.42 Å². The molecule has 0 fully saturated rings. The van der Waals surface area contributed by atoms with Gasteiger partial charge in [0, 0.05) is 20.6 Å². The van der Waals surface area contributed by atoms with Crippen LogP contribution in [0, 0.1) is 0 Å². The molecular formula is C10H6Cl2O2S2. The molecule has 0 unspecified atom stereocenters. The van der Waals surface area contributed by atoms with Crippen molar-refractivity contribution in [2.75, 3.05) is 0 Å². The summed E-state index contributed by atoms with van der Waals surface area (Å²) >= 11 is 6.90. The minimum Gasteiger partial charge on any atom is -0.206 e. The van der Waals surface area contributed by atoms with Crippen LogP contribution in [-0.2, 0) is 9.05 Å². The van der Waals surface area contributed by atoms with E-state index in [4.69, 9.17) is 22.3 Å². The Morgan fingerprint density at radius 3 is 2.12 bits per heavy atom. The van der Waals surface area contributed by atoms with Crippen molar-refractivity contribution in [3.63, 3.8) is 0 Å². The molecule has 6 heteroatoms. The van der Waals surface area contributed by atoms with Crippen LogP contribution in [-0.4, -0.2) is 8.42 Å². The van der Waals surface area contributed by atoms with Gasteiger partial charge in [-0.15, -0.1) is 11.3 Å². The van der Waals surface area contributed by atoms with Gasteiger partial charge in [-0.1, -0.05) is 23.7 Å². The third kappa shape index (κ3) is 2.58. The summed E-state index contributed by atoms with van der Waals surface area (Å²) in [5.74, 6) is 0. The maximum atomic E-state index is 11.1. The summed E-state index contributed by atoms with van der Waals surface area (Å²) in [6.07, 6.45) is 0. The highest BCUT2D eigenvalue weighted by molar-refractivity contribution is 8.15. The highest BCUT2D eigenvalue weighted by atomic mass is 35.7. The molecule has 0 saturated carbocycles. The molecule has 2 nitrogen and oxygen atoms in total. The predicted octanol–water partition coefficient (Wildman–Crippen LogP) is 4.00. The molecule has 0 aliphatic heterocycles. The average molecular weight is 293 g/mol. The van der Waals surface area contributed by atoms with Crippen molar-refractivity contribution < 1.29 is 8.42 Å². The second-order valence-electron chi connectivity index (χ2n) is 3.06. The standard InChI is InChI=1S/C10H6Cl2O2S2/c11-8-3-1-7(2-4-8)9-5-6-10(15-9)16(12,13)14/h1-6H. The Labute approximate surface area is 107 Å². The van der Waals surface area contributed by atoms with E-state index in [1.807, 2.05) is 12.1 Å². The lowest BCUT2D eigenvalue weighted by Gasteiger charge is -1.96. The Hall–Kier alpha value is -0.550. The van der Waals surface area contributed by atoms with Gasteiger partial charge in [-0.2, -0.15) is 0 Å².